The van der Waals surface area contributed by atoms with Crippen molar-refractivity contribution in [2.75, 3.05) is 30.3 Å². The Bertz CT molecular complexity index is 1380. The van der Waals surface area contributed by atoms with Crippen molar-refractivity contribution in [2.24, 2.45) is 0 Å². The Labute approximate surface area is 202 Å². The predicted octanol–water partition coefficient (Wildman–Crippen LogP) is 4.01. The molecule has 4 aromatic rings. The number of carbonyl (C=O) groups excluding carboxylic acids is 1. The number of ether oxygens (including phenoxy) is 1. The first-order valence-electron chi connectivity index (χ1n) is 11.4. The van der Waals surface area contributed by atoms with Gasteiger partial charge in [-0.25, -0.2) is 9.97 Å². The van der Waals surface area contributed by atoms with E-state index in [1.165, 1.54) is 6.08 Å². The average Bonchev–Trinajstić information content (AvgIpc) is 2.89. The number of fused-ring (bicyclic) bond motifs is 1. The molecule has 0 saturated carbocycles. The van der Waals surface area contributed by atoms with Crippen LogP contribution in [0.1, 0.15) is 18.7 Å². The molecular weight excluding hydrogens is 442 g/mol. The van der Waals surface area contributed by atoms with Crippen molar-refractivity contribution < 1.29 is 9.53 Å². The molecule has 1 amide bonds. The van der Waals surface area contributed by atoms with E-state index >= 15 is 0 Å². The lowest BCUT2D eigenvalue weighted by Gasteiger charge is -2.24. The summed E-state index contributed by atoms with van der Waals surface area (Å²) in [6, 6.07) is 13.2. The standard InChI is InChI=1S/C26H25N7O2/c1-2-5-23(34)31-18-9-11-28-21(14-18)19-7-3-6-17-15-30-26(33-24(17)19)32-20-8-4-10-29-25(20)22-16-27-12-13-35-22/h2-11,14-15,22,27H,12-13,16H2,1H3,(H,28,31,34)(H,30,32,33)/b5-2+. The summed E-state index contributed by atoms with van der Waals surface area (Å²) in [7, 11) is 0. The molecule has 35 heavy (non-hydrogen) atoms. The monoisotopic (exact) mass is 467 g/mol. The van der Waals surface area contributed by atoms with Crippen molar-refractivity contribution in [1.29, 1.82) is 0 Å². The second-order valence-corrected chi connectivity index (χ2v) is 7.98. The Hall–Kier alpha value is -4.21. The number of pyridine rings is 2. The summed E-state index contributed by atoms with van der Waals surface area (Å²) < 4.78 is 5.90. The quantitative estimate of drug-likeness (QED) is 0.365. The summed E-state index contributed by atoms with van der Waals surface area (Å²) in [5.74, 6) is 0.251. The lowest BCUT2D eigenvalue weighted by Crippen LogP contribution is -2.34. The van der Waals surface area contributed by atoms with Gasteiger partial charge in [-0.15, -0.1) is 0 Å². The summed E-state index contributed by atoms with van der Waals surface area (Å²) in [6.07, 6.45) is 8.22. The topological polar surface area (TPSA) is 114 Å². The van der Waals surface area contributed by atoms with E-state index in [9.17, 15) is 4.79 Å². The van der Waals surface area contributed by atoms with Crippen LogP contribution in [0.2, 0.25) is 0 Å². The van der Waals surface area contributed by atoms with Gasteiger partial charge in [-0.3, -0.25) is 14.8 Å². The number of para-hydroxylation sites is 1. The highest BCUT2D eigenvalue weighted by molar-refractivity contribution is 6.00. The molecule has 1 saturated heterocycles. The fraction of sp³-hybridized carbons (Fsp3) is 0.192. The van der Waals surface area contributed by atoms with Gasteiger partial charge in [0.25, 0.3) is 0 Å². The lowest BCUT2D eigenvalue weighted by molar-refractivity contribution is -0.111. The summed E-state index contributed by atoms with van der Waals surface area (Å²) in [5, 5.41) is 10.4. The van der Waals surface area contributed by atoms with Gasteiger partial charge in [-0.2, -0.15) is 0 Å². The fourth-order valence-corrected chi connectivity index (χ4v) is 3.95. The van der Waals surface area contributed by atoms with Crippen molar-refractivity contribution in [3.63, 3.8) is 0 Å². The van der Waals surface area contributed by atoms with Crippen molar-refractivity contribution >= 4 is 34.1 Å². The molecule has 1 unspecified atom stereocenters. The summed E-state index contributed by atoms with van der Waals surface area (Å²) in [4.78, 5) is 30.3. The first-order valence-corrected chi connectivity index (χ1v) is 11.4. The number of nitrogens with one attached hydrogen (secondary N) is 3. The summed E-state index contributed by atoms with van der Waals surface area (Å²) in [5.41, 5.74) is 4.54. The smallest absolute Gasteiger partial charge is 0.248 e. The van der Waals surface area contributed by atoms with E-state index in [1.807, 2.05) is 36.4 Å². The number of benzene rings is 1. The van der Waals surface area contributed by atoms with Gasteiger partial charge >= 0.3 is 0 Å². The van der Waals surface area contributed by atoms with Crippen LogP contribution in [0.15, 0.2) is 73.2 Å². The normalized spacial score (nSPS) is 15.9. The highest BCUT2D eigenvalue weighted by Gasteiger charge is 2.21. The second kappa shape index (κ2) is 10.4. The van der Waals surface area contributed by atoms with Crippen LogP contribution < -0.4 is 16.0 Å². The van der Waals surface area contributed by atoms with E-state index < -0.39 is 0 Å². The van der Waals surface area contributed by atoms with Crippen LogP contribution in [0.25, 0.3) is 22.2 Å². The number of hydrogen-bond donors (Lipinski definition) is 3. The number of morpholine rings is 1. The number of rotatable bonds is 6. The fourth-order valence-electron chi connectivity index (χ4n) is 3.95. The van der Waals surface area contributed by atoms with Gasteiger partial charge in [-0.1, -0.05) is 24.3 Å². The first kappa shape index (κ1) is 22.6. The Morgan fingerprint density at radius 3 is 2.94 bits per heavy atom. The SMILES string of the molecule is C/C=C/C(=O)Nc1ccnc(-c2cccc3cnc(Nc4cccnc4C4CNCCO4)nc23)c1. The predicted molar refractivity (Wildman–Crippen MR) is 135 cm³/mol. The average molecular weight is 468 g/mol. The third-order valence-corrected chi connectivity index (χ3v) is 5.55. The molecule has 9 heteroatoms. The largest absolute Gasteiger partial charge is 0.369 e. The molecule has 0 radical (unpaired) electrons. The third kappa shape index (κ3) is 5.16. The molecular formula is C26H25N7O2. The maximum atomic E-state index is 12.0. The van der Waals surface area contributed by atoms with Gasteiger partial charge in [0.05, 0.1) is 29.2 Å². The van der Waals surface area contributed by atoms with Crippen LogP contribution >= 0.6 is 0 Å². The molecule has 3 aromatic heterocycles. The Balaban J connectivity index is 1.48. The van der Waals surface area contributed by atoms with Crippen LogP contribution in [-0.4, -0.2) is 45.5 Å². The van der Waals surface area contributed by atoms with Crippen molar-refractivity contribution in [2.45, 2.75) is 13.0 Å². The van der Waals surface area contributed by atoms with E-state index in [4.69, 9.17) is 9.72 Å². The van der Waals surface area contributed by atoms with Gasteiger partial charge < -0.3 is 20.7 Å². The van der Waals surface area contributed by atoms with E-state index in [2.05, 4.69) is 30.9 Å². The molecule has 5 rings (SSSR count). The molecule has 1 fully saturated rings. The Morgan fingerprint density at radius 1 is 1.14 bits per heavy atom. The van der Waals surface area contributed by atoms with Crippen LogP contribution in [-0.2, 0) is 9.53 Å². The molecule has 0 spiro atoms. The number of aromatic nitrogens is 4. The number of allylic oxidation sites excluding steroid dienone is 1. The van der Waals surface area contributed by atoms with Crippen LogP contribution in [0, 0.1) is 0 Å². The summed E-state index contributed by atoms with van der Waals surface area (Å²) in [6.45, 7) is 3.96. The molecule has 1 aliphatic heterocycles. The maximum absolute atomic E-state index is 12.0. The zero-order valence-electron chi connectivity index (χ0n) is 19.2. The van der Waals surface area contributed by atoms with E-state index in [0.717, 1.165) is 34.4 Å². The molecule has 0 aliphatic carbocycles. The molecule has 1 atom stereocenters. The number of hydrogen-bond acceptors (Lipinski definition) is 8. The van der Waals surface area contributed by atoms with Gasteiger partial charge in [0.15, 0.2) is 0 Å². The van der Waals surface area contributed by atoms with Crippen molar-refractivity contribution in [3.8, 4) is 11.3 Å². The molecule has 1 aliphatic rings. The third-order valence-electron chi connectivity index (χ3n) is 5.55. The zero-order valence-corrected chi connectivity index (χ0v) is 19.2. The Morgan fingerprint density at radius 2 is 2.09 bits per heavy atom. The molecule has 9 nitrogen and oxygen atoms in total. The molecule has 3 N–H and O–H groups in total. The van der Waals surface area contributed by atoms with Crippen LogP contribution in [0.3, 0.4) is 0 Å². The summed E-state index contributed by atoms with van der Waals surface area (Å²) >= 11 is 0. The number of amides is 1. The molecule has 0 bridgehead atoms. The van der Waals surface area contributed by atoms with Gasteiger partial charge in [0, 0.05) is 48.3 Å². The number of nitrogens with zero attached hydrogens (tertiary/aromatic N) is 4. The van der Waals surface area contributed by atoms with Crippen molar-refractivity contribution in [3.05, 3.63) is 78.9 Å². The van der Waals surface area contributed by atoms with Crippen molar-refractivity contribution in [1.82, 2.24) is 25.3 Å². The molecule has 1 aromatic carbocycles. The van der Waals surface area contributed by atoms with Gasteiger partial charge in [-0.05, 0) is 37.3 Å². The second-order valence-electron chi connectivity index (χ2n) is 7.98. The lowest BCUT2D eigenvalue weighted by atomic mass is 10.1. The van der Waals surface area contributed by atoms with Crippen LogP contribution in [0.5, 0.6) is 0 Å². The minimum atomic E-state index is -0.194. The van der Waals surface area contributed by atoms with Gasteiger partial charge in [0.2, 0.25) is 11.9 Å². The minimum Gasteiger partial charge on any atom is -0.369 e. The first-order chi connectivity index (χ1) is 17.2. The van der Waals surface area contributed by atoms with Crippen LogP contribution in [0.4, 0.5) is 17.3 Å². The minimum absolute atomic E-state index is 0.145. The highest BCUT2D eigenvalue weighted by atomic mass is 16.5. The van der Waals surface area contributed by atoms with E-state index in [1.54, 1.807) is 37.7 Å². The zero-order chi connectivity index (χ0) is 24.0. The number of anilines is 3. The highest BCUT2D eigenvalue weighted by Crippen LogP contribution is 2.30. The number of carbonyl (C=O) groups is 1. The van der Waals surface area contributed by atoms with Gasteiger partial charge in [0.1, 0.15) is 6.10 Å². The Kier molecular flexibility index (Phi) is 6.69. The molecule has 4 heterocycles. The van der Waals surface area contributed by atoms with E-state index in [-0.39, 0.29) is 12.0 Å². The molecule has 176 valence electrons. The maximum Gasteiger partial charge on any atom is 0.248 e. The van der Waals surface area contributed by atoms with E-state index in [0.29, 0.717) is 30.5 Å².